The molecule has 0 bridgehead atoms. The van der Waals surface area contributed by atoms with Crippen LogP contribution < -0.4 is 10.6 Å². The number of carbonyl (C=O) groups is 3. The van der Waals surface area contributed by atoms with E-state index in [1.165, 1.54) is 18.2 Å². The minimum absolute atomic E-state index is 0.133. The summed E-state index contributed by atoms with van der Waals surface area (Å²) in [4.78, 5) is 35.5. The third-order valence-corrected chi connectivity index (χ3v) is 4.58. The Labute approximate surface area is 183 Å². The summed E-state index contributed by atoms with van der Waals surface area (Å²) in [6.45, 7) is -1.48. The van der Waals surface area contributed by atoms with Crippen LogP contribution in [0.2, 0.25) is 15.1 Å². The summed E-state index contributed by atoms with van der Waals surface area (Å²) in [6.07, 6.45) is -4.75. The number of esters is 1. The Bertz CT molecular complexity index is 984. The van der Waals surface area contributed by atoms with Gasteiger partial charge in [0.1, 0.15) is 6.54 Å². The largest absolute Gasteiger partial charge is 0.454 e. The van der Waals surface area contributed by atoms with E-state index >= 15 is 0 Å². The fraction of sp³-hybridized carbons (Fsp3) is 0.167. The molecule has 0 saturated carbocycles. The average molecular weight is 484 g/mol. The number of nitrogens with one attached hydrogen (secondary N) is 2. The van der Waals surface area contributed by atoms with Crippen molar-refractivity contribution < 1.29 is 32.3 Å². The second kappa shape index (κ2) is 10.0. The fourth-order valence-electron chi connectivity index (χ4n) is 2.15. The highest BCUT2D eigenvalue weighted by Crippen LogP contribution is 2.38. The molecule has 0 aliphatic rings. The molecule has 0 aliphatic carbocycles. The van der Waals surface area contributed by atoms with Gasteiger partial charge in [-0.05, 0) is 30.3 Å². The monoisotopic (exact) mass is 482 g/mol. The first-order valence-corrected chi connectivity index (χ1v) is 9.17. The number of alkyl halides is 3. The SMILES string of the molecule is O=C(COC(=O)CNC(=O)c1ccc(Cl)c(Cl)c1)Nc1c(Cl)cccc1C(F)(F)F. The highest BCUT2D eigenvalue weighted by Gasteiger charge is 2.34. The molecule has 0 aliphatic heterocycles. The predicted molar refractivity (Wildman–Crippen MR) is 105 cm³/mol. The molecule has 0 aromatic heterocycles. The van der Waals surface area contributed by atoms with Crippen molar-refractivity contribution in [1.82, 2.24) is 5.32 Å². The molecular formula is C18H12Cl3F3N2O4. The van der Waals surface area contributed by atoms with Crippen LogP contribution in [0.15, 0.2) is 36.4 Å². The van der Waals surface area contributed by atoms with Gasteiger partial charge in [-0.2, -0.15) is 13.2 Å². The molecule has 0 fully saturated rings. The molecule has 2 aromatic carbocycles. The molecule has 2 N–H and O–H groups in total. The van der Waals surface area contributed by atoms with Crippen LogP contribution in [0.5, 0.6) is 0 Å². The summed E-state index contributed by atoms with van der Waals surface area (Å²) < 4.78 is 43.6. The third-order valence-electron chi connectivity index (χ3n) is 3.52. The summed E-state index contributed by atoms with van der Waals surface area (Å²) >= 11 is 17.3. The van der Waals surface area contributed by atoms with E-state index in [-0.39, 0.29) is 20.6 Å². The maximum absolute atomic E-state index is 13.0. The summed E-state index contributed by atoms with van der Waals surface area (Å²) in [7, 11) is 0. The van der Waals surface area contributed by atoms with E-state index in [1.54, 1.807) is 0 Å². The van der Waals surface area contributed by atoms with E-state index in [0.29, 0.717) is 0 Å². The molecule has 160 valence electrons. The second-order valence-corrected chi connectivity index (χ2v) is 6.90. The van der Waals surface area contributed by atoms with Crippen LogP contribution in [-0.4, -0.2) is 30.9 Å². The van der Waals surface area contributed by atoms with Crippen molar-refractivity contribution in [3.8, 4) is 0 Å². The van der Waals surface area contributed by atoms with Crippen LogP contribution in [0.1, 0.15) is 15.9 Å². The van der Waals surface area contributed by atoms with Gasteiger partial charge in [-0.3, -0.25) is 14.4 Å². The topological polar surface area (TPSA) is 84.5 Å². The zero-order chi connectivity index (χ0) is 22.5. The number of halogens is 6. The Morgan fingerprint density at radius 1 is 0.967 bits per heavy atom. The zero-order valence-corrected chi connectivity index (χ0v) is 17.0. The lowest BCUT2D eigenvalue weighted by Gasteiger charge is -2.15. The second-order valence-electron chi connectivity index (χ2n) is 5.68. The summed E-state index contributed by atoms with van der Waals surface area (Å²) in [5.74, 6) is -2.69. The Hall–Kier alpha value is -2.49. The van der Waals surface area contributed by atoms with Gasteiger partial charge in [0.25, 0.3) is 11.8 Å². The van der Waals surface area contributed by atoms with E-state index in [9.17, 15) is 27.6 Å². The number of rotatable bonds is 6. The van der Waals surface area contributed by atoms with E-state index in [0.717, 1.165) is 18.2 Å². The molecular weight excluding hydrogens is 472 g/mol. The van der Waals surface area contributed by atoms with Gasteiger partial charge in [0.15, 0.2) is 6.61 Å². The Morgan fingerprint density at radius 3 is 2.30 bits per heavy atom. The average Bonchev–Trinajstić information content (AvgIpc) is 2.67. The number of ether oxygens (including phenoxy) is 1. The number of amides is 2. The van der Waals surface area contributed by atoms with Crippen LogP contribution >= 0.6 is 34.8 Å². The Kier molecular flexibility index (Phi) is 7.94. The van der Waals surface area contributed by atoms with E-state index in [4.69, 9.17) is 34.8 Å². The highest BCUT2D eigenvalue weighted by atomic mass is 35.5. The van der Waals surface area contributed by atoms with Crippen LogP contribution in [0.4, 0.5) is 18.9 Å². The quantitative estimate of drug-likeness (QED) is 0.589. The van der Waals surface area contributed by atoms with Crippen molar-refractivity contribution >= 4 is 58.3 Å². The van der Waals surface area contributed by atoms with Gasteiger partial charge in [-0.15, -0.1) is 0 Å². The number of hydrogen-bond acceptors (Lipinski definition) is 4. The summed E-state index contributed by atoms with van der Waals surface area (Å²) in [5.41, 5.74) is -1.67. The van der Waals surface area contributed by atoms with Crippen LogP contribution in [-0.2, 0) is 20.5 Å². The predicted octanol–water partition coefficient (Wildman–Crippen LogP) is 4.58. The molecule has 0 spiro atoms. The highest BCUT2D eigenvalue weighted by molar-refractivity contribution is 6.42. The lowest BCUT2D eigenvalue weighted by Crippen LogP contribution is -2.32. The lowest BCUT2D eigenvalue weighted by atomic mass is 10.1. The lowest BCUT2D eigenvalue weighted by molar-refractivity contribution is -0.146. The minimum Gasteiger partial charge on any atom is -0.454 e. The number of benzene rings is 2. The first-order chi connectivity index (χ1) is 14.0. The summed E-state index contributed by atoms with van der Waals surface area (Å²) in [5, 5.41) is 4.25. The number of anilines is 1. The van der Waals surface area contributed by atoms with Gasteiger partial charge >= 0.3 is 12.1 Å². The Balaban J connectivity index is 1.87. The molecule has 12 heteroatoms. The molecule has 0 radical (unpaired) electrons. The molecule has 0 unspecified atom stereocenters. The Morgan fingerprint density at radius 2 is 1.67 bits per heavy atom. The van der Waals surface area contributed by atoms with E-state index < -0.39 is 48.4 Å². The maximum Gasteiger partial charge on any atom is 0.418 e. The first-order valence-electron chi connectivity index (χ1n) is 8.03. The zero-order valence-electron chi connectivity index (χ0n) is 14.8. The standard InChI is InChI=1S/C18H12Cl3F3N2O4/c19-11-5-4-9(6-13(11)21)17(29)25-7-15(28)30-8-14(27)26-16-10(18(22,23)24)2-1-3-12(16)20/h1-6H,7-8H2,(H,25,29)(H,26,27). The molecule has 2 aromatic rings. The van der Waals surface area contributed by atoms with Crippen molar-refractivity contribution in [2.75, 3.05) is 18.5 Å². The number of hydrogen-bond donors (Lipinski definition) is 2. The fourth-order valence-corrected chi connectivity index (χ4v) is 2.67. The maximum atomic E-state index is 13.0. The van der Waals surface area contributed by atoms with Crippen LogP contribution in [0, 0.1) is 0 Å². The van der Waals surface area contributed by atoms with Crippen LogP contribution in [0.3, 0.4) is 0 Å². The van der Waals surface area contributed by atoms with Crippen molar-refractivity contribution in [3.05, 3.63) is 62.6 Å². The van der Waals surface area contributed by atoms with Gasteiger partial charge in [0.05, 0.1) is 26.3 Å². The minimum atomic E-state index is -4.75. The van der Waals surface area contributed by atoms with Crippen molar-refractivity contribution in [1.29, 1.82) is 0 Å². The van der Waals surface area contributed by atoms with E-state index in [1.807, 2.05) is 5.32 Å². The smallest absolute Gasteiger partial charge is 0.418 e. The van der Waals surface area contributed by atoms with E-state index in [2.05, 4.69) is 10.1 Å². The van der Waals surface area contributed by atoms with Gasteiger partial charge in [-0.25, -0.2) is 0 Å². The van der Waals surface area contributed by atoms with Crippen LogP contribution in [0.25, 0.3) is 0 Å². The van der Waals surface area contributed by atoms with Crippen molar-refractivity contribution in [3.63, 3.8) is 0 Å². The van der Waals surface area contributed by atoms with Gasteiger partial charge in [0, 0.05) is 5.56 Å². The van der Waals surface area contributed by atoms with Crippen molar-refractivity contribution in [2.24, 2.45) is 0 Å². The third kappa shape index (κ3) is 6.51. The molecule has 2 rings (SSSR count). The van der Waals surface area contributed by atoms with Gasteiger partial charge in [-0.1, -0.05) is 40.9 Å². The van der Waals surface area contributed by atoms with Crippen molar-refractivity contribution in [2.45, 2.75) is 6.18 Å². The molecule has 0 heterocycles. The molecule has 6 nitrogen and oxygen atoms in total. The normalized spacial score (nSPS) is 11.0. The number of carbonyl (C=O) groups excluding carboxylic acids is 3. The number of para-hydroxylation sites is 1. The molecule has 2 amide bonds. The van der Waals surface area contributed by atoms with Gasteiger partial charge in [0.2, 0.25) is 0 Å². The molecule has 0 saturated heterocycles. The molecule has 30 heavy (non-hydrogen) atoms. The van der Waals surface area contributed by atoms with Gasteiger partial charge < -0.3 is 15.4 Å². The summed E-state index contributed by atoms with van der Waals surface area (Å²) in [6, 6.07) is 7.05. The first kappa shape index (κ1) is 23.8. The molecule has 0 atom stereocenters.